The monoisotopic (exact) mass is 374 g/mol. The van der Waals surface area contributed by atoms with E-state index in [4.69, 9.17) is 9.15 Å². The van der Waals surface area contributed by atoms with Crippen molar-refractivity contribution in [3.63, 3.8) is 0 Å². The van der Waals surface area contributed by atoms with Crippen LogP contribution in [0.25, 0.3) is 11.0 Å². The van der Waals surface area contributed by atoms with Gasteiger partial charge in [0.2, 0.25) is 0 Å². The summed E-state index contributed by atoms with van der Waals surface area (Å²) in [6.45, 7) is 7.48. The molecule has 27 heavy (non-hydrogen) atoms. The first kappa shape index (κ1) is 20.6. The van der Waals surface area contributed by atoms with Crippen molar-refractivity contribution in [3.8, 4) is 0 Å². The minimum absolute atomic E-state index is 0.393. The summed E-state index contributed by atoms with van der Waals surface area (Å²) < 4.78 is 11.0. The summed E-state index contributed by atoms with van der Waals surface area (Å²) in [5.74, 6) is 1.67. The Morgan fingerprint density at radius 2 is 1.81 bits per heavy atom. The van der Waals surface area contributed by atoms with Crippen LogP contribution in [0.1, 0.15) is 33.0 Å². The Balaban J connectivity index is 1.61. The van der Waals surface area contributed by atoms with E-state index in [-0.39, 0.29) is 0 Å². The second-order valence-electron chi connectivity index (χ2n) is 7.21. The second kappa shape index (κ2) is 9.85. The Kier molecular flexibility index (Phi) is 7.52. The summed E-state index contributed by atoms with van der Waals surface area (Å²) in [5, 5.41) is 10.3. The molecule has 0 spiro atoms. The van der Waals surface area contributed by atoms with E-state index in [9.17, 15) is 4.79 Å². The van der Waals surface area contributed by atoms with Crippen LogP contribution < -0.4 is 16.0 Å². The molecule has 0 bridgehead atoms. The largest absolute Gasteiger partial charge is 0.461 e. The first-order valence-corrected chi connectivity index (χ1v) is 9.26. The standard InChI is InChI=1S/C20H30N4O3/c1-20(2,3)27-19(25)24-12-7-11-22-18(21-4)23-13-10-16-14-15-8-5-6-9-17(15)26-16/h5-6,8-9,14H,7,10-13H2,1-4H3,(H,24,25)(H2,21,22,23). The Hall–Kier alpha value is -2.70. The smallest absolute Gasteiger partial charge is 0.407 e. The molecule has 0 aliphatic heterocycles. The highest BCUT2D eigenvalue weighted by atomic mass is 16.6. The molecule has 0 radical (unpaired) electrons. The highest BCUT2D eigenvalue weighted by Gasteiger charge is 2.15. The van der Waals surface area contributed by atoms with E-state index in [1.807, 2.05) is 45.0 Å². The van der Waals surface area contributed by atoms with Gasteiger partial charge in [0.1, 0.15) is 16.9 Å². The zero-order valence-corrected chi connectivity index (χ0v) is 16.6. The highest BCUT2D eigenvalue weighted by molar-refractivity contribution is 5.80. The quantitative estimate of drug-likeness (QED) is 0.394. The van der Waals surface area contributed by atoms with E-state index in [1.165, 1.54) is 0 Å². The van der Waals surface area contributed by atoms with Crippen molar-refractivity contribution in [1.29, 1.82) is 0 Å². The number of hydrogen-bond acceptors (Lipinski definition) is 4. The molecule has 0 saturated heterocycles. The van der Waals surface area contributed by atoms with E-state index in [0.717, 1.165) is 42.1 Å². The van der Waals surface area contributed by atoms with Gasteiger partial charge in [-0.3, -0.25) is 4.99 Å². The Labute approximate surface area is 160 Å². The van der Waals surface area contributed by atoms with Gasteiger partial charge in [-0.1, -0.05) is 18.2 Å². The molecule has 0 atom stereocenters. The molecule has 0 unspecified atom stereocenters. The molecule has 0 saturated carbocycles. The van der Waals surface area contributed by atoms with Gasteiger partial charge in [-0.05, 0) is 39.3 Å². The van der Waals surface area contributed by atoms with Crippen LogP contribution >= 0.6 is 0 Å². The van der Waals surface area contributed by atoms with Crippen LogP contribution in [0.5, 0.6) is 0 Å². The van der Waals surface area contributed by atoms with Gasteiger partial charge in [-0.25, -0.2) is 4.79 Å². The van der Waals surface area contributed by atoms with E-state index in [1.54, 1.807) is 7.05 Å². The number of fused-ring (bicyclic) bond motifs is 1. The van der Waals surface area contributed by atoms with Crippen LogP contribution in [-0.2, 0) is 11.2 Å². The number of nitrogens with zero attached hydrogens (tertiary/aromatic N) is 1. The summed E-state index contributed by atoms with van der Waals surface area (Å²) in [5.41, 5.74) is 0.432. The maximum absolute atomic E-state index is 11.6. The number of ether oxygens (including phenoxy) is 1. The number of alkyl carbamates (subject to hydrolysis) is 1. The van der Waals surface area contributed by atoms with Crippen LogP contribution in [0.3, 0.4) is 0 Å². The summed E-state index contributed by atoms with van der Waals surface area (Å²) >= 11 is 0. The van der Waals surface area contributed by atoms with Crippen LogP contribution in [0.2, 0.25) is 0 Å². The molecule has 2 aromatic rings. The van der Waals surface area contributed by atoms with Gasteiger partial charge in [0.05, 0.1) is 0 Å². The van der Waals surface area contributed by atoms with E-state index in [2.05, 4.69) is 27.0 Å². The number of rotatable bonds is 7. The molecule has 0 aliphatic carbocycles. The van der Waals surface area contributed by atoms with Crippen molar-refractivity contribution in [2.24, 2.45) is 4.99 Å². The lowest BCUT2D eigenvalue weighted by atomic mass is 10.2. The SMILES string of the molecule is CN=C(NCCCNC(=O)OC(C)(C)C)NCCc1cc2ccccc2o1. The lowest BCUT2D eigenvalue weighted by molar-refractivity contribution is 0.0527. The van der Waals surface area contributed by atoms with Crippen LogP contribution in [0, 0.1) is 0 Å². The Morgan fingerprint density at radius 1 is 1.11 bits per heavy atom. The van der Waals surface area contributed by atoms with Gasteiger partial charge in [-0.2, -0.15) is 0 Å². The van der Waals surface area contributed by atoms with Gasteiger partial charge in [0, 0.05) is 38.5 Å². The number of aliphatic imine (C=N–C) groups is 1. The number of carbonyl (C=O) groups is 1. The third-order valence-corrected chi connectivity index (χ3v) is 3.68. The van der Waals surface area contributed by atoms with Crippen molar-refractivity contribution in [1.82, 2.24) is 16.0 Å². The third-order valence-electron chi connectivity index (χ3n) is 3.68. The average Bonchev–Trinajstić information content (AvgIpc) is 3.01. The van der Waals surface area contributed by atoms with Gasteiger partial charge >= 0.3 is 6.09 Å². The number of para-hydroxylation sites is 1. The fourth-order valence-electron chi connectivity index (χ4n) is 2.48. The minimum Gasteiger partial charge on any atom is -0.461 e. The van der Waals surface area contributed by atoms with Crippen molar-refractivity contribution < 1.29 is 13.9 Å². The first-order chi connectivity index (χ1) is 12.9. The summed E-state index contributed by atoms with van der Waals surface area (Å²) in [6, 6.07) is 10.1. The number of benzene rings is 1. The van der Waals surface area contributed by atoms with Crippen molar-refractivity contribution in [2.75, 3.05) is 26.7 Å². The van der Waals surface area contributed by atoms with E-state index >= 15 is 0 Å². The average molecular weight is 374 g/mol. The number of nitrogens with one attached hydrogen (secondary N) is 3. The third kappa shape index (κ3) is 7.60. The lowest BCUT2D eigenvalue weighted by Crippen LogP contribution is -2.40. The second-order valence-corrected chi connectivity index (χ2v) is 7.21. The van der Waals surface area contributed by atoms with Gasteiger partial charge in [0.15, 0.2) is 5.96 Å². The molecule has 1 aromatic carbocycles. The summed E-state index contributed by atoms with van der Waals surface area (Å²) in [4.78, 5) is 15.7. The molecule has 1 heterocycles. The van der Waals surface area contributed by atoms with Crippen LogP contribution in [-0.4, -0.2) is 44.3 Å². The molecule has 7 heteroatoms. The van der Waals surface area contributed by atoms with E-state index < -0.39 is 11.7 Å². The minimum atomic E-state index is -0.478. The number of guanidine groups is 1. The number of amides is 1. The van der Waals surface area contributed by atoms with Crippen molar-refractivity contribution >= 4 is 23.0 Å². The molecule has 1 aromatic heterocycles. The number of carbonyl (C=O) groups excluding carboxylic acids is 1. The molecule has 1 amide bonds. The van der Waals surface area contributed by atoms with Gasteiger partial charge in [-0.15, -0.1) is 0 Å². The maximum Gasteiger partial charge on any atom is 0.407 e. The first-order valence-electron chi connectivity index (χ1n) is 9.26. The molecule has 0 aliphatic rings. The van der Waals surface area contributed by atoms with Crippen LogP contribution in [0.15, 0.2) is 39.7 Å². The predicted molar refractivity (Wildman–Crippen MR) is 108 cm³/mol. The summed E-state index contributed by atoms with van der Waals surface area (Å²) in [6.07, 6.45) is 1.15. The fourth-order valence-corrected chi connectivity index (χ4v) is 2.48. The number of furan rings is 1. The molecule has 148 valence electrons. The Morgan fingerprint density at radius 3 is 2.52 bits per heavy atom. The number of hydrogen-bond donors (Lipinski definition) is 3. The zero-order valence-electron chi connectivity index (χ0n) is 16.6. The molecule has 7 nitrogen and oxygen atoms in total. The molecular weight excluding hydrogens is 344 g/mol. The van der Waals surface area contributed by atoms with Crippen molar-refractivity contribution in [3.05, 3.63) is 36.1 Å². The predicted octanol–water partition coefficient (Wildman–Crippen LogP) is 3.06. The highest BCUT2D eigenvalue weighted by Crippen LogP contribution is 2.18. The topological polar surface area (TPSA) is 87.9 Å². The summed E-state index contributed by atoms with van der Waals surface area (Å²) in [7, 11) is 1.73. The molecule has 0 fully saturated rings. The molecule has 2 rings (SSSR count). The van der Waals surface area contributed by atoms with E-state index in [0.29, 0.717) is 13.1 Å². The fraction of sp³-hybridized carbons (Fsp3) is 0.500. The van der Waals surface area contributed by atoms with Gasteiger partial charge in [0.25, 0.3) is 0 Å². The zero-order chi connectivity index (χ0) is 19.7. The lowest BCUT2D eigenvalue weighted by Gasteiger charge is -2.19. The normalized spacial score (nSPS) is 12.1. The van der Waals surface area contributed by atoms with Crippen molar-refractivity contribution in [2.45, 2.75) is 39.2 Å². The molecule has 3 N–H and O–H groups in total. The van der Waals surface area contributed by atoms with Crippen LogP contribution in [0.4, 0.5) is 4.79 Å². The van der Waals surface area contributed by atoms with Gasteiger partial charge < -0.3 is 25.1 Å². The Bertz CT molecular complexity index is 729. The molecular formula is C20H30N4O3. The maximum atomic E-state index is 11.6.